The molecule has 0 aromatic carbocycles. The second-order valence-electron chi connectivity index (χ2n) is 7.44. The number of hydrogen-bond donors (Lipinski definition) is 2. The van der Waals surface area contributed by atoms with Crippen molar-refractivity contribution in [2.75, 3.05) is 0 Å². The summed E-state index contributed by atoms with van der Waals surface area (Å²) in [6.45, 7) is 4.36. The number of carboxylic acids is 2. The Kier molecular flexibility index (Phi) is 27.4. The van der Waals surface area contributed by atoms with E-state index in [4.69, 9.17) is 0 Å². The van der Waals surface area contributed by atoms with Gasteiger partial charge in [0.25, 0.3) is 0 Å². The van der Waals surface area contributed by atoms with E-state index < -0.39 is 17.4 Å². The van der Waals surface area contributed by atoms with Crippen LogP contribution >= 0.6 is 0 Å². The average Bonchev–Trinajstić information content (AvgIpc) is 2.57. The molecule has 0 amide bonds. The fraction of sp³-hybridized carbons (Fsp3) is 0.905. The van der Waals surface area contributed by atoms with Gasteiger partial charge in [0.15, 0.2) is 5.41 Å². The van der Waals surface area contributed by atoms with E-state index in [9.17, 15) is 19.8 Å². The summed E-state index contributed by atoms with van der Waals surface area (Å²) in [6.07, 6.45) is 15.6. The molecular formula is C21H42KNaO4. The predicted octanol–water partition coefficient (Wildman–Crippen LogP) is 5.13. The monoisotopic (exact) mass is 420 g/mol. The molecule has 0 aliphatic carbocycles. The fourth-order valence-electron chi connectivity index (χ4n) is 3.41. The number of rotatable bonds is 18. The first-order valence-electron chi connectivity index (χ1n) is 10.5. The Hall–Kier alpha value is 1.58. The van der Waals surface area contributed by atoms with Gasteiger partial charge in [-0.2, -0.15) is 0 Å². The second-order valence-corrected chi connectivity index (χ2v) is 7.44. The summed E-state index contributed by atoms with van der Waals surface area (Å²) in [5.74, 6) is -2.31. The predicted molar refractivity (Wildman–Crippen MR) is 117 cm³/mol. The molecule has 0 unspecified atom stereocenters. The van der Waals surface area contributed by atoms with E-state index >= 15 is 0 Å². The quantitative estimate of drug-likeness (QED) is 0.183. The second kappa shape index (κ2) is 22.3. The summed E-state index contributed by atoms with van der Waals surface area (Å²) in [5, 5.41) is 19.1. The van der Waals surface area contributed by atoms with Gasteiger partial charge in [0.2, 0.25) is 0 Å². The molecule has 152 valence electrons. The van der Waals surface area contributed by atoms with Crippen LogP contribution in [0, 0.1) is 5.41 Å². The van der Waals surface area contributed by atoms with Gasteiger partial charge in [-0.1, -0.05) is 104 Å². The van der Waals surface area contributed by atoms with E-state index in [0.717, 1.165) is 25.7 Å². The van der Waals surface area contributed by atoms with E-state index in [1.807, 2.05) is 0 Å². The van der Waals surface area contributed by atoms with Crippen molar-refractivity contribution in [3.8, 4) is 0 Å². The van der Waals surface area contributed by atoms with Gasteiger partial charge < -0.3 is 10.2 Å². The van der Waals surface area contributed by atoms with Crippen LogP contribution in [-0.4, -0.2) is 103 Å². The first-order chi connectivity index (χ1) is 12.0. The maximum atomic E-state index is 11.7. The first kappa shape index (κ1) is 33.2. The van der Waals surface area contributed by atoms with Crippen LogP contribution in [0.15, 0.2) is 0 Å². The summed E-state index contributed by atoms with van der Waals surface area (Å²) in [7, 11) is 0. The van der Waals surface area contributed by atoms with Gasteiger partial charge in [0, 0.05) is 0 Å². The molecule has 0 bridgehead atoms. The van der Waals surface area contributed by atoms with Crippen LogP contribution in [0.1, 0.15) is 117 Å². The topological polar surface area (TPSA) is 74.6 Å². The Labute approximate surface area is 231 Å². The van der Waals surface area contributed by atoms with E-state index in [-0.39, 0.29) is 93.8 Å². The van der Waals surface area contributed by atoms with Crippen LogP contribution < -0.4 is 0 Å². The SMILES string of the molecule is CCCCCCCCCC(CCCCCCCCC)(C(=O)O)C(=O)O.[KH].[NaH]. The Morgan fingerprint density at radius 1 is 0.593 bits per heavy atom. The zero-order valence-corrected chi connectivity index (χ0v) is 16.5. The number of unbranched alkanes of at least 4 members (excludes halogenated alkanes) is 12. The Balaban J connectivity index is -0.00000288. The Morgan fingerprint density at radius 2 is 0.852 bits per heavy atom. The van der Waals surface area contributed by atoms with Gasteiger partial charge in [-0.05, 0) is 12.8 Å². The molecule has 0 fully saturated rings. The number of carbonyl (C=O) groups is 2. The summed E-state index contributed by atoms with van der Waals surface area (Å²) in [5.41, 5.74) is -1.58. The molecule has 0 radical (unpaired) electrons. The molecule has 0 atom stereocenters. The molecule has 0 saturated carbocycles. The number of hydrogen-bond acceptors (Lipinski definition) is 2. The molecule has 0 aromatic rings. The third-order valence-electron chi connectivity index (χ3n) is 5.23. The van der Waals surface area contributed by atoms with Gasteiger partial charge in [0.05, 0.1) is 0 Å². The molecule has 0 aromatic heterocycles. The summed E-state index contributed by atoms with van der Waals surface area (Å²) in [6, 6.07) is 0. The van der Waals surface area contributed by atoms with Crippen LogP contribution in [0.4, 0.5) is 0 Å². The van der Waals surface area contributed by atoms with E-state index in [0.29, 0.717) is 12.8 Å². The molecule has 6 heteroatoms. The number of carboxylic acid groups (broad SMARTS) is 2. The van der Waals surface area contributed by atoms with Crippen molar-refractivity contribution in [3.63, 3.8) is 0 Å². The number of aliphatic carboxylic acids is 2. The minimum atomic E-state index is -1.58. The minimum absolute atomic E-state index is 0. The first-order valence-corrected chi connectivity index (χ1v) is 10.5. The standard InChI is InChI=1S/C21H40O4.K.Na.2H/c1-3-5-7-9-11-13-15-17-21(19(22)23,20(24)25)18-16-14-12-10-8-6-4-2;;;;/h3-18H2,1-2H3,(H,22,23)(H,24,25);;;;. The van der Waals surface area contributed by atoms with E-state index in [2.05, 4.69) is 13.8 Å². The summed E-state index contributed by atoms with van der Waals surface area (Å²) in [4.78, 5) is 23.4. The van der Waals surface area contributed by atoms with Crippen molar-refractivity contribution in [1.82, 2.24) is 0 Å². The Bertz CT molecular complexity index is 330. The van der Waals surface area contributed by atoms with Gasteiger partial charge >= 0.3 is 92.9 Å². The zero-order valence-electron chi connectivity index (χ0n) is 16.5. The summed E-state index contributed by atoms with van der Waals surface area (Å²) >= 11 is 0. The molecule has 27 heavy (non-hydrogen) atoms. The van der Waals surface area contributed by atoms with Crippen molar-refractivity contribution >= 4 is 92.9 Å². The molecule has 2 N–H and O–H groups in total. The summed E-state index contributed by atoms with van der Waals surface area (Å²) < 4.78 is 0. The van der Waals surface area contributed by atoms with Crippen molar-refractivity contribution in [2.45, 2.75) is 117 Å². The van der Waals surface area contributed by atoms with Crippen LogP contribution in [0.3, 0.4) is 0 Å². The average molecular weight is 421 g/mol. The molecule has 0 spiro atoms. The third-order valence-corrected chi connectivity index (χ3v) is 5.23. The molecule has 0 aliphatic heterocycles. The van der Waals surface area contributed by atoms with Crippen LogP contribution in [0.5, 0.6) is 0 Å². The Morgan fingerprint density at radius 3 is 1.11 bits per heavy atom. The normalized spacial score (nSPS) is 10.7. The molecule has 4 nitrogen and oxygen atoms in total. The van der Waals surface area contributed by atoms with Gasteiger partial charge in [-0.25, -0.2) is 0 Å². The molecule has 0 rings (SSSR count). The van der Waals surface area contributed by atoms with Gasteiger partial charge in [-0.3, -0.25) is 9.59 Å². The maximum absolute atomic E-state index is 11.7. The van der Waals surface area contributed by atoms with E-state index in [1.165, 1.54) is 51.4 Å². The van der Waals surface area contributed by atoms with Crippen LogP contribution in [0.2, 0.25) is 0 Å². The molecule has 0 aliphatic rings. The molecule has 0 saturated heterocycles. The van der Waals surface area contributed by atoms with Crippen molar-refractivity contribution < 1.29 is 19.8 Å². The van der Waals surface area contributed by atoms with Gasteiger partial charge in [0.1, 0.15) is 0 Å². The molecule has 0 heterocycles. The van der Waals surface area contributed by atoms with Gasteiger partial charge in [-0.15, -0.1) is 0 Å². The zero-order chi connectivity index (χ0) is 19.0. The third kappa shape index (κ3) is 16.0. The van der Waals surface area contributed by atoms with Crippen molar-refractivity contribution in [2.24, 2.45) is 5.41 Å². The van der Waals surface area contributed by atoms with Crippen molar-refractivity contribution in [3.05, 3.63) is 0 Å². The molecular weight excluding hydrogens is 378 g/mol. The van der Waals surface area contributed by atoms with E-state index in [1.54, 1.807) is 0 Å². The fourth-order valence-corrected chi connectivity index (χ4v) is 3.41. The van der Waals surface area contributed by atoms with Crippen LogP contribution in [-0.2, 0) is 9.59 Å². The van der Waals surface area contributed by atoms with Crippen LogP contribution in [0.25, 0.3) is 0 Å². The van der Waals surface area contributed by atoms with Crippen molar-refractivity contribution in [1.29, 1.82) is 0 Å².